The summed E-state index contributed by atoms with van der Waals surface area (Å²) in [4.78, 5) is 11.6. The summed E-state index contributed by atoms with van der Waals surface area (Å²) in [7, 11) is 2.72. The van der Waals surface area contributed by atoms with Gasteiger partial charge in [-0.15, -0.1) is 12.6 Å². The van der Waals surface area contributed by atoms with Gasteiger partial charge in [0.1, 0.15) is 11.8 Å². The molecule has 0 saturated carbocycles. The second-order valence-corrected chi connectivity index (χ2v) is 3.09. The molecule has 0 aliphatic carbocycles. The Bertz CT molecular complexity index is 437. The van der Waals surface area contributed by atoms with Gasteiger partial charge >= 0.3 is 5.97 Å². The lowest BCUT2D eigenvalue weighted by Crippen LogP contribution is -2.05. The van der Waals surface area contributed by atoms with Crippen LogP contribution in [0.3, 0.4) is 0 Å². The molecule has 0 amide bonds. The first-order valence-corrected chi connectivity index (χ1v) is 4.48. The fourth-order valence-corrected chi connectivity index (χ4v) is 1.47. The average molecular weight is 223 g/mol. The molecule has 0 spiro atoms. The van der Waals surface area contributed by atoms with E-state index in [9.17, 15) is 4.79 Å². The minimum atomic E-state index is -0.565. The predicted octanol–water partition coefficient (Wildman–Crippen LogP) is 1.64. The number of thiol groups is 1. The number of hydrogen-bond donors (Lipinski definition) is 1. The van der Waals surface area contributed by atoms with Crippen molar-refractivity contribution in [3.8, 4) is 11.8 Å². The molecular weight excluding hydrogens is 214 g/mol. The Kier molecular flexibility index (Phi) is 3.58. The Morgan fingerprint density at radius 3 is 2.60 bits per heavy atom. The third-order valence-corrected chi connectivity index (χ3v) is 2.32. The molecule has 0 aromatic heterocycles. The van der Waals surface area contributed by atoms with Crippen molar-refractivity contribution < 1.29 is 14.3 Å². The van der Waals surface area contributed by atoms with Crippen LogP contribution in [0.25, 0.3) is 0 Å². The molecule has 15 heavy (non-hydrogen) atoms. The topological polar surface area (TPSA) is 59.3 Å². The maximum absolute atomic E-state index is 11.3. The highest BCUT2D eigenvalue weighted by molar-refractivity contribution is 7.80. The highest BCUT2D eigenvalue weighted by Gasteiger charge is 2.16. The first-order chi connectivity index (χ1) is 7.15. The van der Waals surface area contributed by atoms with E-state index in [0.717, 1.165) is 0 Å². The predicted molar refractivity (Wildman–Crippen MR) is 56.3 cm³/mol. The Hall–Kier alpha value is -1.67. The lowest BCUT2D eigenvalue weighted by atomic mass is 10.1. The van der Waals surface area contributed by atoms with Gasteiger partial charge in [-0.3, -0.25) is 0 Å². The molecule has 4 nitrogen and oxygen atoms in total. The normalized spacial score (nSPS) is 9.20. The zero-order valence-corrected chi connectivity index (χ0v) is 9.17. The third kappa shape index (κ3) is 2.05. The lowest BCUT2D eigenvalue weighted by molar-refractivity contribution is 0.0600. The van der Waals surface area contributed by atoms with Crippen molar-refractivity contribution in [2.75, 3.05) is 14.2 Å². The van der Waals surface area contributed by atoms with Gasteiger partial charge < -0.3 is 9.47 Å². The van der Waals surface area contributed by atoms with Crippen LogP contribution in [0.15, 0.2) is 17.0 Å². The minimum absolute atomic E-state index is 0.157. The van der Waals surface area contributed by atoms with Crippen molar-refractivity contribution in [3.63, 3.8) is 0 Å². The van der Waals surface area contributed by atoms with E-state index < -0.39 is 5.97 Å². The summed E-state index contributed by atoms with van der Waals surface area (Å²) in [6.45, 7) is 0. The fourth-order valence-electron chi connectivity index (χ4n) is 1.13. The molecule has 1 aromatic rings. The zero-order chi connectivity index (χ0) is 11.4. The van der Waals surface area contributed by atoms with Crippen LogP contribution in [0.2, 0.25) is 0 Å². The molecule has 0 fully saturated rings. The van der Waals surface area contributed by atoms with Crippen LogP contribution in [0.4, 0.5) is 0 Å². The van der Waals surface area contributed by atoms with Crippen LogP contribution < -0.4 is 4.74 Å². The van der Waals surface area contributed by atoms with E-state index in [4.69, 9.17) is 10.00 Å². The number of esters is 1. The Labute approximate surface area is 92.8 Å². The largest absolute Gasteiger partial charge is 0.496 e. The molecule has 1 aromatic carbocycles. The molecule has 0 bridgehead atoms. The number of rotatable bonds is 2. The van der Waals surface area contributed by atoms with Gasteiger partial charge in [-0.25, -0.2) is 4.79 Å². The molecular formula is C10H9NO3S. The highest BCUT2D eigenvalue weighted by Crippen LogP contribution is 2.28. The van der Waals surface area contributed by atoms with Crippen LogP contribution in [0.5, 0.6) is 5.75 Å². The number of hydrogen-bond acceptors (Lipinski definition) is 5. The molecule has 0 radical (unpaired) electrons. The standard InChI is InChI=1S/C10H9NO3S/c1-13-8-4-3-6(10(12)14-2)7(5-11)9(8)15/h3-4,15H,1-2H3. The summed E-state index contributed by atoms with van der Waals surface area (Å²) in [5.74, 6) is -0.118. The zero-order valence-electron chi connectivity index (χ0n) is 8.27. The van der Waals surface area contributed by atoms with E-state index >= 15 is 0 Å². The van der Waals surface area contributed by atoms with Gasteiger partial charge in [-0.1, -0.05) is 0 Å². The Morgan fingerprint density at radius 1 is 1.47 bits per heavy atom. The van der Waals surface area contributed by atoms with Crippen molar-refractivity contribution >= 4 is 18.6 Å². The molecule has 0 aliphatic rings. The number of carbonyl (C=O) groups is 1. The molecule has 0 heterocycles. The van der Waals surface area contributed by atoms with Crippen molar-refractivity contribution in [2.45, 2.75) is 4.90 Å². The van der Waals surface area contributed by atoms with E-state index in [-0.39, 0.29) is 11.1 Å². The molecule has 0 N–H and O–H groups in total. The fraction of sp³-hybridized carbons (Fsp3) is 0.200. The van der Waals surface area contributed by atoms with Crippen LogP contribution in [0, 0.1) is 11.3 Å². The summed E-state index contributed by atoms with van der Waals surface area (Å²) in [5, 5.41) is 8.90. The number of benzene rings is 1. The average Bonchev–Trinajstić information content (AvgIpc) is 2.27. The lowest BCUT2D eigenvalue weighted by Gasteiger charge is -2.08. The molecule has 78 valence electrons. The summed E-state index contributed by atoms with van der Waals surface area (Å²) in [6.07, 6.45) is 0. The van der Waals surface area contributed by atoms with Gasteiger partial charge in [0.05, 0.1) is 30.2 Å². The summed E-state index contributed by atoms with van der Waals surface area (Å²) < 4.78 is 9.52. The summed E-state index contributed by atoms with van der Waals surface area (Å²) in [5.41, 5.74) is 0.343. The molecule has 0 aliphatic heterocycles. The Balaban J connectivity index is 3.39. The van der Waals surface area contributed by atoms with Crippen LogP contribution in [-0.4, -0.2) is 20.2 Å². The van der Waals surface area contributed by atoms with E-state index in [1.54, 1.807) is 6.07 Å². The summed E-state index contributed by atoms with van der Waals surface area (Å²) in [6, 6.07) is 4.94. The van der Waals surface area contributed by atoms with Crippen molar-refractivity contribution in [3.05, 3.63) is 23.3 Å². The van der Waals surface area contributed by atoms with Crippen LogP contribution in [-0.2, 0) is 4.74 Å². The Morgan fingerprint density at radius 2 is 2.13 bits per heavy atom. The second-order valence-electron chi connectivity index (χ2n) is 2.64. The van der Waals surface area contributed by atoms with Gasteiger partial charge in [-0.2, -0.15) is 5.26 Å². The first kappa shape index (κ1) is 11.4. The van der Waals surface area contributed by atoms with Crippen molar-refractivity contribution in [1.82, 2.24) is 0 Å². The van der Waals surface area contributed by atoms with Crippen LogP contribution >= 0.6 is 12.6 Å². The van der Waals surface area contributed by atoms with E-state index in [1.165, 1.54) is 20.3 Å². The molecule has 0 unspecified atom stereocenters. The molecule has 0 atom stereocenters. The summed E-state index contributed by atoms with van der Waals surface area (Å²) >= 11 is 4.12. The maximum Gasteiger partial charge on any atom is 0.339 e. The number of carbonyl (C=O) groups excluding carboxylic acids is 1. The third-order valence-electron chi connectivity index (χ3n) is 1.88. The molecule has 1 rings (SSSR count). The van der Waals surface area contributed by atoms with Crippen LogP contribution in [0.1, 0.15) is 15.9 Å². The van der Waals surface area contributed by atoms with Gasteiger partial charge in [-0.05, 0) is 12.1 Å². The quantitative estimate of drug-likeness (QED) is 0.611. The molecule has 5 heteroatoms. The number of methoxy groups -OCH3 is 2. The van der Waals surface area contributed by atoms with E-state index in [1.807, 2.05) is 6.07 Å². The SMILES string of the molecule is COC(=O)c1ccc(OC)c(S)c1C#N. The monoisotopic (exact) mass is 223 g/mol. The number of nitrogens with zero attached hydrogens (tertiary/aromatic N) is 1. The minimum Gasteiger partial charge on any atom is -0.496 e. The van der Waals surface area contributed by atoms with Crippen molar-refractivity contribution in [2.24, 2.45) is 0 Å². The number of nitriles is 1. The van der Waals surface area contributed by atoms with Gasteiger partial charge in [0.25, 0.3) is 0 Å². The number of ether oxygens (including phenoxy) is 2. The van der Waals surface area contributed by atoms with E-state index in [2.05, 4.69) is 17.4 Å². The van der Waals surface area contributed by atoms with E-state index in [0.29, 0.717) is 10.6 Å². The van der Waals surface area contributed by atoms with Gasteiger partial charge in [0, 0.05) is 0 Å². The second kappa shape index (κ2) is 4.71. The van der Waals surface area contributed by atoms with Gasteiger partial charge in [0.2, 0.25) is 0 Å². The smallest absolute Gasteiger partial charge is 0.339 e. The molecule has 0 saturated heterocycles. The maximum atomic E-state index is 11.3. The first-order valence-electron chi connectivity index (χ1n) is 4.04. The van der Waals surface area contributed by atoms with Gasteiger partial charge in [0.15, 0.2) is 0 Å². The van der Waals surface area contributed by atoms with Crippen molar-refractivity contribution in [1.29, 1.82) is 5.26 Å². The highest BCUT2D eigenvalue weighted by atomic mass is 32.1.